The molecule has 0 saturated heterocycles. The lowest BCUT2D eigenvalue weighted by atomic mass is 10.3. The monoisotopic (exact) mass is 218 g/mol. The summed E-state index contributed by atoms with van der Waals surface area (Å²) in [4.78, 5) is 18.5. The van der Waals surface area contributed by atoms with Crippen LogP contribution < -0.4 is 11.1 Å². The van der Waals surface area contributed by atoms with Crippen molar-refractivity contribution in [3.63, 3.8) is 0 Å². The molecule has 1 unspecified atom stereocenters. The first kappa shape index (κ1) is 10.6. The maximum Gasteiger partial charge on any atom is 0.236 e. The first-order valence-electron chi connectivity index (χ1n) is 5.12. The molecule has 16 heavy (non-hydrogen) atoms. The fourth-order valence-corrected chi connectivity index (χ4v) is 1.47. The van der Waals surface area contributed by atoms with Gasteiger partial charge in [-0.2, -0.15) is 0 Å². The number of nitrogens with zero attached hydrogens (tertiary/aromatic N) is 1. The molecule has 0 radical (unpaired) electrons. The number of rotatable bonds is 3. The van der Waals surface area contributed by atoms with Crippen LogP contribution in [0.5, 0.6) is 0 Å². The average Bonchev–Trinajstić information content (AvgIpc) is 2.68. The van der Waals surface area contributed by atoms with Crippen LogP contribution in [0, 0.1) is 0 Å². The van der Waals surface area contributed by atoms with E-state index in [-0.39, 0.29) is 5.91 Å². The Labute approximate surface area is 93.1 Å². The van der Waals surface area contributed by atoms with Gasteiger partial charge in [-0.05, 0) is 19.1 Å². The lowest BCUT2D eigenvalue weighted by molar-refractivity contribution is -0.122. The standard InChI is InChI=1S/C11H14N4O/c1-7(12)11(16)14-6-9-4-8-5-13-3-2-10(8)15-9/h2-5,7,15H,6,12H2,1H3,(H,14,16). The summed E-state index contributed by atoms with van der Waals surface area (Å²) in [6.45, 7) is 2.11. The summed E-state index contributed by atoms with van der Waals surface area (Å²) in [6.07, 6.45) is 3.51. The van der Waals surface area contributed by atoms with Gasteiger partial charge < -0.3 is 16.0 Å². The van der Waals surface area contributed by atoms with Gasteiger partial charge in [-0.1, -0.05) is 0 Å². The van der Waals surface area contributed by atoms with E-state index in [0.29, 0.717) is 6.54 Å². The number of nitrogens with two attached hydrogens (primary N) is 1. The van der Waals surface area contributed by atoms with E-state index in [1.807, 2.05) is 12.1 Å². The normalized spacial score (nSPS) is 12.6. The number of hydrogen-bond acceptors (Lipinski definition) is 3. The van der Waals surface area contributed by atoms with E-state index in [1.165, 1.54) is 0 Å². The Morgan fingerprint density at radius 2 is 2.50 bits per heavy atom. The number of nitrogens with one attached hydrogen (secondary N) is 2. The van der Waals surface area contributed by atoms with Crippen LogP contribution in [0.4, 0.5) is 0 Å². The summed E-state index contributed by atoms with van der Waals surface area (Å²) < 4.78 is 0. The minimum atomic E-state index is -0.481. The molecule has 4 N–H and O–H groups in total. The zero-order valence-corrected chi connectivity index (χ0v) is 9.03. The molecule has 0 aromatic carbocycles. The van der Waals surface area contributed by atoms with Crippen LogP contribution in [0.25, 0.3) is 10.9 Å². The van der Waals surface area contributed by atoms with Crippen LogP contribution in [-0.2, 0) is 11.3 Å². The van der Waals surface area contributed by atoms with E-state index in [0.717, 1.165) is 16.6 Å². The van der Waals surface area contributed by atoms with Crippen molar-refractivity contribution in [1.29, 1.82) is 0 Å². The van der Waals surface area contributed by atoms with Gasteiger partial charge in [0.2, 0.25) is 5.91 Å². The molecule has 0 fully saturated rings. The number of carbonyl (C=O) groups excluding carboxylic acids is 1. The third kappa shape index (κ3) is 2.20. The molecule has 5 nitrogen and oxygen atoms in total. The zero-order chi connectivity index (χ0) is 11.5. The quantitative estimate of drug-likeness (QED) is 0.702. The summed E-state index contributed by atoms with van der Waals surface area (Å²) in [5.74, 6) is -0.156. The van der Waals surface area contributed by atoms with Crippen LogP contribution in [-0.4, -0.2) is 21.9 Å². The topological polar surface area (TPSA) is 83.8 Å². The number of hydrogen-bond donors (Lipinski definition) is 3. The Morgan fingerprint density at radius 3 is 3.19 bits per heavy atom. The maximum atomic E-state index is 11.3. The summed E-state index contributed by atoms with van der Waals surface area (Å²) in [5.41, 5.74) is 7.40. The average molecular weight is 218 g/mol. The number of carbonyl (C=O) groups is 1. The van der Waals surface area contributed by atoms with E-state index < -0.39 is 6.04 Å². The molecule has 2 aromatic rings. The summed E-state index contributed by atoms with van der Waals surface area (Å²) >= 11 is 0. The second-order valence-electron chi connectivity index (χ2n) is 3.76. The minimum absolute atomic E-state index is 0.156. The van der Waals surface area contributed by atoms with Crippen molar-refractivity contribution in [2.45, 2.75) is 19.5 Å². The van der Waals surface area contributed by atoms with E-state index in [1.54, 1.807) is 19.3 Å². The second kappa shape index (κ2) is 4.32. The predicted octanol–water partition coefficient (Wildman–Crippen LogP) is 0.526. The van der Waals surface area contributed by atoms with Crippen LogP contribution >= 0.6 is 0 Å². The van der Waals surface area contributed by atoms with E-state index in [9.17, 15) is 4.79 Å². The largest absolute Gasteiger partial charge is 0.357 e. The van der Waals surface area contributed by atoms with E-state index in [2.05, 4.69) is 15.3 Å². The molecule has 0 aliphatic carbocycles. The lowest BCUT2D eigenvalue weighted by Gasteiger charge is -2.05. The highest BCUT2D eigenvalue weighted by Crippen LogP contribution is 2.12. The number of amides is 1. The predicted molar refractivity (Wildman–Crippen MR) is 61.6 cm³/mol. The number of aromatic amines is 1. The third-order valence-electron chi connectivity index (χ3n) is 2.34. The van der Waals surface area contributed by atoms with Gasteiger partial charge in [0.1, 0.15) is 0 Å². The molecule has 2 aromatic heterocycles. The van der Waals surface area contributed by atoms with Gasteiger partial charge in [0.05, 0.1) is 12.6 Å². The molecule has 0 spiro atoms. The Bertz CT molecular complexity index is 470. The maximum absolute atomic E-state index is 11.3. The van der Waals surface area contributed by atoms with E-state index >= 15 is 0 Å². The third-order valence-corrected chi connectivity index (χ3v) is 2.34. The summed E-state index contributed by atoms with van der Waals surface area (Å²) in [6, 6.07) is 3.38. The molecular weight excluding hydrogens is 204 g/mol. The highest BCUT2D eigenvalue weighted by atomic mass is 16.2. The number of pyridine rings is 1. The molecular formula is C11H14N4O. The molecule has 0 bridgehead atoms. The first-order chi connectivity index (χ1) is 7.66. The molecule has 84 valence electrons. The van der Waals surface area contributed by atoms with Crippen molar-refractivity contribution < 1.29 is 4.79 Å². The Balaban J connectivity index is 2.07. The fourth-order valence-electron chi connectivity index (χ4n) is 1.47. The van der Waals surface area contributed by atoms with E-state index in [4.69, 9.17) is 5.73 Å². The molecule has 5 heteroatoms. The van der Waals surface area contributed by atoms with Gasteiger partial charge >= 0.3 is 0 Å². The van der Waals surface area contributed by atoms with Gasteiger partial charge in [-0.3, -0.25) is 9.78 Å². The molecule has 1 atom stereocenters. The van der Waals surface area contributed by atoms with Crippen molar-refractivity contribution in [3.05, 3.63) is 30.2 Å². The van der Waals surface area contributed by atoms with Crippen LogP contribution in [0.3, 0.4) is 0 Å². The first-order valence-corrected chi connectivity index (χ1v) is 5.12. The Hall–Kier alpha value is -1.88. The van der Waals surface area contributed by atoms with Crippen molar-refractivity contribution in [1.82, 2.24) is 15.3 Å². The van der Waals surface area contributed by atoms with Gasteiger partial charge in [0.15, 0.2) is 0 Å². The van der Waals surface area contributed by atoms with Gasteiger partial charge in [0, 0.05) is 29.0 Å². The minimum Gasteiger partial charge on any atom is -0.357 e. The SMILES string of the molecule is CC(N)C(=O)NCc1cc2cnccc2[nH]1. The molecule has 2 rings (SSSR count). The highest BCUT2D eigenvalue weighted by molar-refractivity contribution is 5.82. The molecule has 0 saturated carbocycles. The number of fused-ring (bicyclic) bond motifs is 1. The van der Waals surface area contributed by atoms with Crippen molar-refractivity contribution in [2.24, 2.45) is 5.73 Å². The number of H-pyrrole nitrogens is 1. The molecule has 0 aliphatic heterocycles. The van der Waals surface area contributed by atoms with Crippen LogP contribution in [0.2, 0.25) is 0 Å². The van der Waals surface area contributed by atoms with Gasteiger partial charge in [0.25, 0.3) is 0 Å². The molecule has 1 amide bonds. The van der Waals surface area contributed by atoms with Crippen molar-refractivity contribution in [2.75, 3.05) is 0 Å². The summed E-state index contributed by atoms with van der Waals surface area (Å²) in [7, 11) is 0. The van der Waals surface area contributed by atoms with Gasteiger partial charge in [-0.25, -0.2) is 0 Å². The van der Waals surface area contributed by atoms with Crippen molar-refractivity contribution >= 4 is 16.8 Å². The number of aromatic nitrogens is 2. The van der Waals surface area contributed by atoms with Gasteiger partial charge in [-0.15, -0.1) is 0 Å². The zero-order valence-electron chi connectivity index (χ0n) is 9.03. The lowest BCUT2D eigenvalue weighted by Crippen LogP contribution is -2.37. The van der Waals surface area contributed by atoms with Crippen LogP contribution in [0.1, 0.15) is 12.6 Å². The van der Waals surface area contributed by atoms with Crippen molar-refractivity contribution in [3.8, 4) is 0 Å². The smallest absolute Gasteiger partial charge is 0.236 e. The Morgan fingerprint density at radius 1 is 1.69 bits per heavy atom. The molecule has 2 heterocycles. The molecule has 0 aliphatic rings. The highest BCUT2D eigenvalue weighted by Gasteiger charge is 2.07. The Kier molecular flexibility index (Phi) is 2.87. The summed E-state index contributed by atoms with van der Waals surface area (Å²) in [5, 5.41) is 3.78. The van der Waals surface area contributed by atoms with Crippen LogP contribution in [0.15, 0.2) is 24.5 Å². The fraction of sp³-hybridized carbons (Fsp3) is 0.273. The second-order valence-corrected chi connectivity index (χ2v) is 3.76.